The molecule has 3 heteroatoms. The molecule has 0 aromatic carbocycles. The number of hydrogen-bond donors (Lipinski definition) is 0. The maximum absolute atomic E-state index is 11.8. The molecule has 37 heavy (non-hydrogen) atoms. The number of carbonyl (C=O) groups excluding carboxylic acids is 1. The van der Waals surface area contributed by atoms with E-state index in [9.17, 15) is 4.79 Å². The van der Waals surface area contributed by atoms with Crippen LogP contribution in [-0.4, -0.2) is 19.2 Å². The topological polar surface area (TPSA) is 35.5 Å². The van der Waals surface area contributed by atoms with Crippen molar-refractivity contribution >= 4 is 5.97 Å². The Morgan fingerprint density at radius 2 is 0.865 bits per heavy atom. The summed E-state index contributed by atoms with van der Waals surface area (Å²) < 4.78 is 10.7. The minimum absolute atomic E-state index is 0.0779. The van der Waals surface area contributed by atoms with Gasteiger partial charge in [0, 0.05) is 6.42 Å². The quantitative estimate of drug-likeness (QED) is 0.0516. The van der Waals surface area contributed by atoms with Crippen molar-refractivity contribution in [3.05, 3.63) is 12.3 Å². The van der Waals surface area contributed by atoms with Crippen molar-refractivity contribution in [1.82, 2.24) is 0 Å². The van der Waals surface area contributed by atoms with Crippen molar-refractivity contribution in [3.8, 4) is 0 Å². The van der Waals surface area contributed by atoms with Crippen molar-refractivity contribution in [1.29, 1.82) is 0 Å². The first-order valence-electron chi connectivity index (χ1n) is 16.7. The van der Waals surface area contributed by atoms with Crippen LogP contribution >= 0.6 is 0 Å². The number of ether oxygens (including phenoxy) is 2. The molecule has 0 N–H and O–H groups in total. The van der Waals surface area contributed by atoms with E-state index >= 15 is 0 Å². The summed E-state index contributed by atoms with van der Waals surface area (Å²) in [6, 6.07) is 0. The molecule has 0 aliphatic rings. The molecule has 0 spiro atoms. The second-order valence-corrected chi connectivity index (χ2v) is 11.1. The Kier molecular flexibility index (Phi) is 32.2. The summed E-state index contributed by atoms with van der Waals surface area (Å²) in [5.41, 5.74) is 0. The largest absolute Gasteiger partial charge is 0.498 e. The molecule has 0 aliphatic heterocycles. The van der Waals surface area contributed by atoms with Gasteiger partial charge in [-0.15, -0.1) is 0 Å². The van der Waals surface area contributed by atoms with E-state index in [1.165, 1.54) is 148 Å². The summed E-state index contributed by atoms with van der Waals surface area (Å²) in [7, 11) is 0. The monoisotopic (exact) mass is 523 g/mol. The van der Waals surface area contributed by atoms with Crippen LogP contribution in [0, 0.1) is 0 Å². The van der Waals surface area contributed by atoms with E-state index in [1.807, 2.05) is 0 Å². The summed E-state index contributed by atoms with van der Waals surface area (Å²) in [4.78, 5) is 11.8. The van der Waals surface area contributed by atoms with E-state index in [2.05, 4.69) is 19.9 Å². The molecule has 0 aliphatic carbocycles. The van der Waals surface area contributed by atoms with Crippen molar-refractivity contribution in [2.75, 3.05) is 13.2 Å². The van der Waals surface area contributed by atoms with Crippen LogP contribution in [0.4, 0.5) is 0 Å². The molecular formula is C34H66O3. The fourth-order valence-corrected chi connectivity index (χ4v) is 4.87. The summed E-state index contributed by atoms with van der Waals surface area (Å²) in [5.74, 6) is -0.0779. The summed E-state index contributed by atoms with van der Waals surface area (Å²) in [6.07, 6.45) is 39.3. The lowest BCUT2D eigenvalue weighted by molar-refractivity contribution is -0.144. The molecule has 0 aromatic heterocycles. The highest BCUT2D eigenvalue weighted by atomic mass is 16.6. The third kappa shape index (κ3) is 33.0. The number of esters is 1. The van der Waals surface area contributed by atoms with Gasteiger partial charge in [-0.1, -0.05) is 162 Å². The molecule has 0 rings (SSSR count). The Morgan fingerprint density at radius 1 is 0.486 bits per heavy atom. The average Bonchev–Trinajstić information content (AvgIpc) is 2.90. The first kappa shape index (κ1) is 36.0. The molecule has 3 nitrogen and oxygen atoms in total. The highest BCUT2D eigenvalue weighted by Crippen LogP contribution is 2.14. The molecule has 220 valence electrons. The van der Waals surface area contributed by atoms with E-state index < -0.39 is 0 Å². The van der Waals surface area contributed by atoms with Gasteiger partial charge in [-0.25, -0.2) is 0 Å². The standard InChI is InChI=1S/C34H66O3/c1-3-5-7-9-11-13-15-16-17-18-19-21-23-25-27-29-31-36-32-33-37-34(35)30-28-26-24-22-20-14-12-10-8-6-4-2/h29,31H,3-28,30,32-33H2,1-2H3. The van der Waals surface area contributed by atoms with E-state index in [0.717, 1.165) is 19.3 Å². The Morgan fingerprint density at radius 3 is 1.30 bits per heavy atom. The molecule has 0 unspecified atom stereocenters. The van der Waals surface area contributed by atoms with E-state index in [4.69, 9.17) is 9.47 Å². The van der Waals surface area contributed by atoms with E-state index in [0.29, 0.717) is 19.6 Å². The van der Waals surface area contributed by atoms with Crippen molar-refractivity contribution in [2.45, 2.75) is 187 Å². The summed E-state index contributed by atoms with van der Waals surface area (Å²) in [5, 5.41) is 0. The van der Waals surface area contributed by atoms with Gasteiger partial charge in [-0.3, -0.25) is 4.79 Å². The van der Waals surface area contributed by atoms with Crippen molar-refractivity contribution in [2.24, 2.45) is 0 Å². The van der Waals surface area contributed by atoms with Gasteiger partial charge in [0.25, 0.3) is 0 Å². The minimum Gasteiger partial charge on any atom is -0.498 e. The molecule has 0 bridgehead atoms. The first-order chi connectivity index (χ1) is 18.3. The number of rotatable bonds is 31. The Labute approximate surface area is 232 Å². The van der Waals surface area contributed by atoms with Crippen LogP contribution < -0.4 is 0 Å². The first-order valence-corrected chi connectivity index (χ1v) is 16.7. The highest BCUT2D eigenvalue weighted by molar-refractivity contribution is 5.69. The van der Waals surface area contributed by atoms with E-state index in [-0.39, 0.29) is 5.97 Å². The van der Waals surface area contributed by atoms with Crippen molar-refractivity contribution < 1.29 is 14.3 Å². The third-order valence-corrected chi connectivity index (χ3v) is 7.37. The summed E-state index contributed by atoms with van der Waals surface area (Å²) in [6.45, 7) is 5.37. The van der Waals surface area contributed by atoms with Crippen molar-refractivity contribution in [3.63, 3.8) is 0 Å². The van der Waals surface area contributed by atoms with Crippen LogP contribution in [0.3, 0.4) is 0 Å². The molecule has 0 fully saturated rings. The molecule has 0 atom stereocenters. The zero-order valence-electron chi connectivity index (χ0n) is 25.4. The van der Waals surface area contributed by atoms with E-state index in [1.54, 1.807) is 6.26 Å². The van der Waals surface area contributed by atoms with Crippen LogP contribution in [0.15, 0.2) is 12.3 Å². The number of carbonyl (C=O) groups is 1. The number of unbranched alkanes of at least 4 members (excludes halogenated alkanes) is 24. The van der Waals surface area contributed by atoms with Crippen LogP contribution in [0.1, 0.15) is 187 Å². The zero-order valence-corrected chi connectivity index (χ0v) is 25.4. The number of hydrogen-bond acceptors (Lipinski definition) is 3. The van der Waals surface area contributed by atoms with Crippen LogP contribution in [0.2, 0.25) is 0 Å². The number of allylic oxidation sites excluding steroid dienone is 1. The summed E-state index contributed by atoms with van der Waals surface area (Å²) >= 11 is 0. The molecule has 0 radical (unpaired) electrons. The Hall–Kier alpha value is -0.990. The molecular weight excluding hydrogens is 456 g/mol. The van der Waals surface area contributed by atoms with Gasteiger partial charge in [0.2, 0.25) is 0 Å². The SMILES string of the molecule is CCCCCCCCCCCCCCCCC=COCCOC(=O)CCCCCCCCCCCCC. The lowest BCUT2D eigenvalue weighted by atomic mass is 10.0. The van der Waals surface area contributed by atoms with Crippen LogP contribution in [0.5, 0.6) is 0 Å². The molecule has 0 heterocycles. The normalized spacial score (nSPS) is 11.4. The molecule has 0 saturated heterocycles. The minimum atomic E-state index is -0.0779. The van der Waals surface area contributed by atoms with Gasteiger partial charge in [0.15, 0.2) is 0 Å². The maximum atomic E-state index is 11.8. The lowest BCUT2D eigenvalue weighted by Gasteiger charge is -2.05. The highest BCUT2D eigenvalue weighted by Gasteiger charge is 2.02. The predicted molar refractivity (Wildman–Crippen MR) is 162 cm³/mol. The fraction of sp³-hybridized carbons (Fsp3) is 0.912. The van der Waals surface area contributed by atoms with Gasteiger partial charge < -0.3 is 9.47 Å². The average molecular weight is 523 g/mol. The van der Waals surface area contributed by atoms with Crippen LogP contribution in [-0.2, 0) is 14.3 Å². The Balaban J connectivity index is 3.20. The second kappa shape index (κ2) is 33.0. The lowest BCUT2D eigenvalue weighted by Crippen LogP contribution is -2.09. The predicted octanol–water partition coefficient (Wildman–Crippen LogP) is 11.6. The molecule has 0 aromatic rings. The van der Waals surface area contributed by atoms with Crippen LogP contribution in [0.25, 0.3) is 0 Å². The van der Waals surface area contributed by atoms with Gasteiger partial charge in [-0.05, 0) is 25.3 Å². The van der Waals surface area contributed by atoms with Gasteiger partial charge in [-0.2, -0.15) is 0 Å². The smallest absolute Gasteiger partial charge is 0.305 e. The third-order valence-electron chi connectivity index (χ3n) is 7.37. The second-order valence-electron chi connectivity index (χ2n) is 11.1. The zero-order chi connectivity index (χ0) is 26.9. The van der Waals surface area contributed by atoms with Gasteiger partial charge in [0.05, 0.1) is 6.26 Å². The Bertz CT molecular complexity index is 460. The van der Waals surface area contributed by atoms with Gasteiger partial charge in [0.1, 0.15) is 13.2 Å². The van der Waals surface area contributed by atoms with Gasteiger partial charge >= 0.3 is 5.97 Å². The fourth-order valence-electron chi connectivity index (χ4n) is 4.87. The molecule has 0 saturated carbocycles. The maximum Gasteiger partial charge on any atom is 0.305 e. The molecule has 0 amide bonds.